The minimum atomic E-state index is -0.801. The first-order valence-corrected chi connectivity index (χ1v) is 7.68. The number of aryl methyl sites for hydroxylation is 1. The van der Waals surface area contributed by atoms with Crippen LogP contribution in [0.15, 0.2) is 52.9 Å². The fourth-order valence-electron chi connectivity index (χ4n) is 2.60. The maximum atomic E-state index is 12.3. The summed E-state index contributed by atoms with van der Waals surface area (Å²) in [6.07, 6.45) is -0.801. The maximum absolute atomic E-state index is 12.3. The Morgan fingerprint density at radius 3 is 2.58 bits per heavy atom. The molecule has 2 aromatic carbocycles. The number of methoxy groups -OCH3 is 1. The van der Waals surface area contributed by atoms with Gasteiger partial charge in [-0.05, 0) is 30.7 Å². The normalized spacial score (nSPS) is 12.1. The number of aliphatic hydroxyl groups is 1. The van der Waals surface area contributed by atoms with E-state index in [2.05, 4.69) is 5.32 Å². The molecule has 0 spiro atoms. The van der Waals surface area contributed by atoms with Crippen LogP contribution in [-0.4, -0.2) is 24.7 Å². The highest BCUT2D eigenvalue weighted by Crippen LogP contribution is 2.25. The summed E-state index contributed by atoms with van der Waals surface area (Å²) in [5, 5.41) is 13.8. The molecule has 0 bridgehead atoms. The average molecular weight is 325 g/mol. The summed E-state index contributed by atoms with van der Waals surface area (Å²) in [5.74, 6) is 0.655. The SMILES string of the molecule is COc1ccc(C(O)CNC(=O)c2oc3ccccc3c2C)cc1. The quantitative estimate of drug-likeness (QED) is 0.755. The molecule has 0 aliphatic heterocycles. The number of aliphatic hydroxyl groups excluding tert-OH is 1. The van der Waals surface area contributed by atoms with Crippen molar-refractivity contribution in [2.45, 2.75) is 13.0 Å². The molecule has 0 fully saturated rings. The molecule has 0 saturated carbocycles. The van der Waals surface area contributed by atoms with Crippen LogP contribution in [0.2, 0.25) is 0 Å². The lowest BCUT2D eigenvalue weighted by Gasteiger charge is -2.12. The maximum Gasteiger partial charge on any atom is 0.287 e. The first kappa shape index (κ1) is 16.1. The molecule has 1 unspecified atom stereocenters. The largest absolute Gasteiger partial charge is 0.497 e. The number of carbonyl (C=O) groups excluding carboxylic acids is 1. The number of rotatable bonds is 5. The van der Waals surface area contributed by atoms with E-state index in [0.717, 1.165) is 10.9 Å². The van der Waals surface area contributed by atoms with Crippen molar-refractivity contribution in [2.24, 2.45) is 0 Å². The number of carbonyl (C=O) groups is 1. The van der Waals surface area contributed by atoms with E-state index in [1.807, 2.05) is 31.2 Å². The Hall–Kier alpha value is -2.79. The summed E-state index contributed by atoms with van der Waals surface area (Å²) in [7, 11) is 1.58. The van der Waals surface area contributed by atoms with Gasteiger partial charge in [0.1, 0.15) is 11.3 Å². The van der Waals surface area contributed by atoms with Crippen molar-refractivity contribution < 1.29 is 19.1 Å². The van der Waals surface area contributed by atoms with E-state index in [4.69, 9.17) is 9.15 Å². The lowest BCUT2D eigenvalue weighted by molar-refractivity contribution is 0.0890. The predicted octanol–water partition coefficient (Wildman–Crippen LogP) is 3.21. The van der Waals surface area contributed by atoms with Gasteiger partial charge in [0.25, 0.3) is 5.91 Å². The van der Waals surface area contributed by atoms with E-state index in [9.17, 15) is 9.90 Å². The van der Waals surface area contributed by atoms with Crippen LogP contribution in [-0.2, 0) is 0 Å². The second kappa shape index (κ2) is 6.76. The number of benzene rings is 2. The summed E-state index contributed by atoms with van der Waals surface area (Å²) < 4.78 is 10.7. The van der Waals surface area contributed by atoms with Crippen LogP contribution >= 0.6 is 0 Å². The van der Waals surface area contributed by atoms with E-state index in [-0.39, 0.29) is 18.2 Å². The summed E-state index contributed by atoms with van der Waals surface area (Å²) >= 11 is 0. The summed E-state index contributed by atoms with van der Waals surface area (Å²) in [5.41, 5.74) is 2.18. The fraction of sp³-hybridized carbons (Fsp3) is 0.211. The highest BCUT2D eigenvalue weighted by molar-refractivity contribution is 5.98. The smallest absolute Gasteiger partial charge is 0.287 e. The van der Waals surface area contributed by atoms with Crippen molar-refractivity contribution in [3.05, 3.63) is 65.4 Å². The highest BCUT2D eigenvalue weighted by atomic mass is 16.5. The number of nitrogens with one attached hydrogen (secondary N) is 1. The Morgan fingerprint density at radius 1 is 1.21 bits per heavy atom. The Morgan fingerprint density at radius 2 is 1.92 bits per heavy atom. The monoisotopic (exact) mass is 325 g/mol. The molecule has 0 radical (unpaired) electrons. The minimum Gasteiger partial charge on any atom is -0.497 e. The molecule has 3 rings (SSSR count). The topological polar surface area (TPSA) is 71.7 Å². The van der Waals surface area contributed by atoms with Gasteiger partial charge in [0, 0.05) is 17.5 Å². The Bertz CT molecular complexity index is 851. The third-order valence-electron chi connectivity index (χ3n) is 4.01. The molecule has 5 nitrogen and oxygen atoms in total. The number of fused-ring (bicyclic) bond motifs is 1. The summed E-state index contributed by atoms with van der Waals surface area (Å²) in [4.78, 5) is 12.3. The van der Waals surface area contributed by atoms with Crippen LogP contribution in [0.3, 0.4) is 0 Å². The molecule has 1 heterocycles. The first-order chi connectivity index (χ1) is 11.6. The molecule has 24 heavy (non-hydrogen) atoms. The number of furan rings is 1. The van der Waals surface area contributed by atoms with Crippen LogP contribution < -0.4 is 10.1 Å². The van der Waals surface area contributed by atoms with Crippen molar-refractivity contribution in [3.63, 3.8) is 0 Å². The van der Waals surface area contributed by atoms with E-state index in [0.29, 0.717) is 16.9 Å². The van der Waals surface area contributed by atoms with Crippen molar-refractivity contribution >= 4 is 16.9 Å². The molecule has 0 saturated heterocycles. The third kappa shape index (κ3) is 3.12. The standard InChI is InChI=1S/C19H19NO4/c1-12-15-5-3-4-6-17(15)24-18(12)19(22)20-11-16(21)13-7-9-14(23-2)10-8-13/h3-10,16,21H,11H2,1-2H3,(H,20,22). The zero-order valence-electron chi connectivity index (χ0n) is 13.6. The molecule has 2 N–H and O–H groups in total. The van der Waals surface area contributed by atoms with Crippen LogP contribution in [0.5, 0.6) is 5.75 Å². The lowest BCUT2D eigenvalue weighted by Crippen LogP contribution is -2.28. The van der Waals surface area contributed by atoms with Crippen molar-refractivity contribution in [3.8, 4) is 5.75 Å². The Balaban J connectivity index is 1.68. The van der Waals surface area contributed by atoms with Crippen molar-refractivity contribution in [1.29, 1.82) is 0 Å². The zero-order chi connectivity index (χ0) is 17.1. The Kier molecular flexibility index (Phi) is 4.53. The number of amides is 1. The summed E-state index contributed by atoms with van der Waals surface area (Å²) in [6, 6.07) is 14.6. The fourth-order valence-corrected chi connectivity index (χ4v) is 2.60. The second-order valence-electron chi connectivity index (χ2n) is 5.55. The molecule has 124 valence electrons. The van der Waals surface area contributed by atoms with Gasteiger partial charge in [-0.3, -0.25) is 4.79 Å². The van der Waals surface area contributed by atoms with Crippen molar-refractivity contribution in [1.82, 2.24) is 5.32 Å². The third-order valence-corrected chi connectivity index (χ3v) is 4.01. The molecule has 1 atom stereocenters. The summed E-state index contributed by atoms with van der Waals surface area (Å²) in [6.45, 7) is 1.95. The van der Waals surface area contributed by atoms with Gasteiger partial charge in [-0.25, -0.2) is 0 Å². The molecule has 5 heteroatoms. The highest BCUT2D eigenvalue weighted by Gasteiger charge is 2.18. The van der Waals surface area contributed by atoms with Gasteiger partial charge in [-0.15, -0.1) is 0 Å². The molecular formula is C19H19NO4. The molecule has 1 aromatic heterocycles. The minimum absolute atomic E-state index is 0.0989. The zero-order valence-corrected chi connectivity index (χ0v) is 13.6. The van der Waals surface area contributed by atoms with Crippen LogP contribution in [0.25, 0.3) is 11.0 Å². The molecule has 3 aromatic rings. The molecule has 0 aliphatic carbocycles. The van der Waals surface area contributed by atoms with Gasteiger partial charge in [0.15, 0.2) is 5.76 Å². The van der Waals surface area contributed by atoms with Gasteiger partial charge in [-0.2, -0.15) is 0 Å². The second-order valence-corrected chi connectivity index (χ2v) is 5.55. The van der Waals surface area contributed by atoms with Crippen LogP contribution in [0.1, 0.15) is 27.8 Å². The first-order valence-electron chi connectivity index (χ1n) is 7.68. The number of para-hydroxylation sites is 1. The number of hydrogen-bond acceptors (Lipinski definition) is 4. The Labute approximate surface area is 139 Å². The van der Waals surface area contributed by atoms with Crippen LogP contribution in [0.4, 0.5) is 0 Å². The average Bonchev–Trinajstić information content (AvgIpc) is 2.96. The lowest BCUT2D eigenvalue weighted by atomic mass is 10.1. The van der Waals surface area contributed by atoms with Gasteiger partial charge < -0.3 is 19.6 Å². The number of ether oxygens (including phenoxy) is 1. The van der Waals surface area contributed by atoms with E-state index >= 15 is 0 Å². The van der Waals surface area contributed by atoms with E-state index < -0.39 is 6.10 Å². The van der Waals surface area contributed by atoms with Gasteiger partial charge in [0.2, 0.25) is 0 Å². The molecule has 1 amide bonds. The predicted molar refractivity (Wildman–Crippen MR) is 91.2 cm³/mol. The van der Waals surface area contributed by atoms with Gasteiger partial charge in [-0.1, -0.05) is 30.3 Å². The van der Waals surface area contributed by atoms with E-state index in [1.165, 1.54) is 0 Å². The number of hydrogen-bond donors (Lipinski definition) is 2. The molecule has 0 aliphatic rings. The van der Waals surface area contributed by atoms with Crippen molar-refractivity contribution in [2.75, 3.05) is 13.7 Å². The van der Waals surface area contributed by atoms with Gasteiger partial charge in [0.05, 0.1) is 13.2 Å². The van der Waals surface area contributed by atoms with E-state index in [1.54, 1.807) is 31.4 Å². The molecular weight excluding hydrogens is 306 g/mol. The van der Waals surface area contributed by atoms with Gasteiger partial charge >= 0.3 is 0 Å². The van der Waals surface area contributed by atoms with Crippen LogP contribution in [0, 0.1) is 6.92 Å².